The van der Waals surface area contributed by atoms with Crippen molar-refractivity contribution in [3.05, 3.63) is 94.5 Å². The van der Waals surface area contributed by atoms with Gasteiger partial charge in [-0.05, 0) is 93.1 Å². The second-order valence-electron chi connectivity index (χ2n) is 11.0. The first kappa shape index (κ1) is 29.8. The largest absolute Gasteiger partial charge is 0.427 e. The van der Waals surface area contributed by atoms with Crippen LogP contribution in [0.15, 0.2) is 66.7 Å². The van der Waals surface area contributed by atoms with Gasteiger partial charge in [0.15, 0.2) is 0 Å². The van der Waals surface area contributed by atoms with E-state index in [1.807, 2.05) is 74.5 Å². The average Bonchev–Trinajstić information content (AvgIpc) is 2.96. The third kappa shape index (κ3) is 7.96. The lowest BCUT2D eigenvalue weighted by molar-refractivity contribution is -0.131. The highest BCUT2D eigenvalue weighted by Gasteiger charge is 2.27. The van der Waals surface area contributed by atoms with Crippen LogP contribution in [0.1, 0.15) is 65.7 Å². The number of nitriles is 1. The summed E-state index contributed by atoms with van der Waals surface area (Å²) in [7, 11) is 0. The number of nitrogens with one attached hydrogen (secondary N) is 1. The first-order valence-electron chi connectivity index (χ1n) is 14.4. The SMILES string of the molecule is CC(=O)Oc1ccc(N(Cc2cccc(C#N)c2)C2CCN(C(C)CCNC(=O)c3c(C)cccc3C)CC2)cc1. The number of ether oxygens (including phenoxy) is 1. The van der Waals surface area contributed by atoms with E-state index in [0.717, 1.165) is 60.3 Å². The van der Waals surface area contributed by atoms with E-state index >= 15 is 0 Å². The fourth-order valence-corrected chi connectivity index (χ4v) is 5.72. The van der Waals surface area contributed by atoms with E-state index in [1.165, 1.54) is 6.92 Å². The van der Waals surface area contributed by atoms with Gasteiger partial charge in [0, 0.05) is 56.4 Å². The van der Waals surface area contributed by atoms with Crippen LogP contribution in [-0.4, -0.2) is 48.5 Å². The van der Waals surface area contributed by atoms with Crippen molar-refractivity contribution in [1.82, 2.24) is 10.2 Å². The van der Waals surface area contributed by atoms with Gasteiger partial charge in [0.05, 0.1) is 11.6 Å². The van der Waals surface area contributed by atoms with Crippen LogP contribution in [0.2, 0.25) is 0 Å². The molecule has 0 aromatic heterocycles. The van der Waals surface area contributed by atoms with E-state index in [1.54, 1.807) is 0 Å². The lowest BCUT2D eigenvalue weighted by atomic mass is 9.99. The fraction of sp³-hybridized carbons (Fsp3) is 0.382. The molecular formula is C34H40N4O3. The minimum Gasteiger partial charge on any atom is -0.427 e. The molecule has 1 N–H and O–H groups in total. The van der Waals surface area contributed by atoms with Gasteiger partial charge in [0.1, 0.15) is 5.75 Å². The van der Waals surface area contributed by atoms with Gasteiger partial charge in [0.2, 0.25) is 0 Å². The van der Waals surface area contributed by atoms with E-state index in [9.17, 15) is 14.9 Å². The molecule has 1 aliphatic rings. The lowest BCUT2D eigenvalue weighted by Crippen LogP contribution is -2.48. The first-order chi connectivity index (χ1) is 19.7. The lowest BCUT2D eigenvalue weighted by Gasteiger charge is -2.42. The Bertz CT molecular complexity index is 1370. The van der Waals surface area contributed by atoms with Crippen molar-refractivity contribution in [2.75, 3.05) is 24.5 Å². The summed E-state index contributed by atoms with van der Waals surface area (Å²) in [4.78, 5) is 29.1. The van der Waals surface area contributed by atoms with Crippen LogP contribution in [0, 0.1) is 25.2 Å². The van der Waals surface area contributed by atoms with Crippen molar-refractivity contribution in [1.29, 1.82) is 5.26 Å². The summed E-state index contributed by atoms with van der Waals surface area (Å²) < 4.78 is 5.24. The number of hydrogen-bond acceptors (Lipinski definition) is 6. The molecule has 1 unspecified atom stereocenters. The van der Waals surface area contributed by atoms with E-state index in [2.05, 4.69) is 34.2 Å². The number of carbonyl (C=O) groups excluding carboxylic acids is 2. The quantitative estimate of drug-likeness (QED) is 0.254. The van der Waals surface area contributed by atoms with Crippen molar-refractivity contribution in [2.45, 2.75) is 65.6 Å². The zero-order chi connectivity index (χ0) is 29.4. The highest BCUT2D eigenvalue weighted by atomic mass is 16.5. The second-order valence-corrected chi connectivity index (χ2v) is 11.0. The number of hydrogen-bond donors (Lipinski definition) is 1. The zero-order valence-electron chi connectivity index (χ0n) is 24.5. The topological polar surface area (TPSA) is 85.7 Å². The van der Waals surface area contributed by atoms with Crippen LogP contribution in [0.4, 0.5) is 5.69 Å². The number of likely N-dealkylation sites (tertiary alicyclic amines) is 1. The van der Waals surface area contributed by atoms with Gasteiger partial charge in [-0.25, -0.2) is 0 Å². The highest BCUT2D eigenvalue weighted by Crippen LogP contribution is 2.29. The Kier molecular flexibility index (Phi) is 10.2. The number of aryl methyl sites for hydroxylation is 2. The van der Waals surface area contributed by atoms with Crippen molar-refractivity contribution >= 4 is 17.6 Å². The monoisotopic (exact) mass is 552 g/mol. The molecule has 1 aliphatic heterocycles. The molecule has 7 nitrogen and oxygen atoms in total. The number of anilines is 1. The van der Waals surface area contributed by atoms with Crippen LogP contribution < -0.4 is 15.0 Å². The molecule has 0 saturated carbocycles. The zero-order valence-corrected chi connectivity index (χ0v) is 24.5. The number of benzene rings is 3. The number of amides is 1. The summed E-state index contributed by atoms with van der Waals surface area (Å²) in [5.74, 6) is 0.192. The molecular weight excluding hydrogens is 512 g/mol. The highest BCUT2D eigenvalue weighted by molar-refractivity contribution is 5.97. The van der Waals surface area contributed by atoms with Crippen molar-refractivity contribution in [2.24, 2.45) is 0 Å². The molecule has 3 aromatic rings. The van der Waals surface area contributed by atoms with E-state index in [-0.39, 0.29) is 11.9 Å². The number of piperidine rings is 1. The van der Waals surface area contributed by atoms with Crippen molar-refractivity contribution in [3.8, 4) is 11.8 Å². The summed E-state index contributed by atoms with van der Waals surface area (Å²) in [5.41, 5.74) is 5.58. The van der Waals surface area contributed by atoms with Crippen molar-refractivity contribution in [3.63, 3.8) is 0 Å². The first-order valence-corrected chi connectivity index (χ1v) is 14.4. The maximum atomic E-state index is 12.8. The minimum atomic E-state index is -0.339. The molecule has 41 heavy (non-hydrogen) atoms. The van der Waals surface area contributed by atoms with E-state index in [4.69, 9.17) is 4.74 Å². The molecule has 7 heteroatoms. The molecule has 1 atom stereocenters. The number of esters is 1. The van der Waals surface area contributed by atoms with Crippen LogP contribution in [0.5, 0.6) is 5.75 Å². The minimum absolute atomic E-state index is 0.00217. The Labute approximate surface area is 243 Å². The molecule has 1 amide bonds. The molecule has 0 radical (unpaired) electrons. The summed E-state index contributed by atoms with van der Waals surface area (Å²) in [6.45, 7) is 10.9. The Morgan fingerprint density at radius 1 is 1.05 bits per heavy atom. The average molecular weight is 553 g/mol. The molecule has 1 saturated heterocycles. The van der Waals surface area contributed by atoms with E-state index < -0.39 is 0 Å². The third-order valence-electron chi connectivity index (χ3n) is 7.96. The van der Waals surface area contributed by atoms with Gasteiger partial charge >= 0.3 is 5.97 Å². The Hall–Kier alpha value is -4.15. The van der Waals surface area contributed by atoms with Gasteiger partial charge in [-0.15, -0.1) is 0 Å². The molecule has 3 aromatic carbocycles. The molecule has 214 valence electrons. The number of rotatable bonds is 10. The maximum Gasteiger partial charge on any atom is 0.308 e. The maximum absolute atomic E-state index is 12.8. The predicted octanol–water partition coefficient (Wildman–Crippen LogP) is 5.78. The molecule has 1 heterocycles. The van der Waals surface area contributed by atoms with Gasteiger partial charge in [-0.1, -0.05) is 30.3 Å². The number of nitrogens with zero attached hydrogens (tertiary/aromatic N) is 3. The Balaban J connectivity index is 1.37. The fourth-order valence-electron chi connectivity index (χ4n) is 5.72. The van der Waals surface area contributed by atoms with Crippen LogP contribution in [0.3, 0.4) is 0 Å². The molecule has 0 aliphatic carbocycles. The van der Waals surface area contributed by atoms with Gasteiger partial charge in [-0.3, -0.25) is 9.59 Å². The van der Waals surface area contributed by atoms with Crippen LogP contribution >= 0.6 is 0 Å². The van der Waals surface area contributed by atoms with Gasteiger partial charge in [0.25, 0.3) is 5.91 Å². The van der Waals surface area contributed by atoms with Crippen LogP contribution in [-0.2, 0) is 11.3 Å². The van der Waals surface area contributed by atoms with Crippen LogP contribution in [0.25, 0.3) is 0 Å². The summed E-state index contributed by atoms with van der Waals surface area (Å²) >= 11 is 0. The summed E-state index contributed by atoms with van der Waals surface area (Å²) in [6, 6.07) is 24.3. The Morgan fingerprint density at radius 2 is 1.71 bits per heavy atom. The normalized spacial score (nSPS) is 14.6. The van der Waals surface area contributed by atoms with Crippen molar-refractivity contribution < 1.29 is 14.3 Å². The molecule has 0 bridgehead atoms. The smallest absolute Gasteiger partial charge is 0.308 e. The summed E-state index contributed by atoms with van der Waals surface area (Å²) in [6.07, 6.45) is 2.90. The Morgan fingerprint density at radius 3 is 2.34 bits per heavy atom. The molecule has 1 fully saturated rings. The summed E-state index contributed by atoms with van der Waals surface area (Å²) in [5, 5.41) is 12.5. The molecule has 4 rings (SSSR count). The van der Waals surface area contributed by atoms with Gasteiger partial charge in [-0.2, -0.15) is 5.26 Å². The molecule has 0 spiro atoms. The predicted molar refractivity (Wildman–Crippen MR) is 162 cm³/mol. The standard InChI is InChI=1S/C34H40N4O3/c1-24-7-5-8-25(2)33(24)34(40)36-18-15-26(3)37-19-16-31(17-20-37)38(23-29-10-6-9-28(21-29)22-35)30-11-13-32(14-12-30)41-27(4)39/h5-14,21,26,31H,15-20,23H2,1-4H3,(H,36,40). The number of carbonyl (C=O) groups is 2. The van der Waals surface area contributed by atoms with E-state index in [0.29, 0.717) is 36.5 Å². The second kappa shape index (κ2) is 14.0. The third-order valence-corrected chi connectivity index (χ3v) is 7.96. The van der Waals surface area contributed by atoms with Gasteiger partial charge < -0.3 is 19.9 Å².